The van der Waals surface area contributed by atoms with Gasteiger partial charge in [-0.25, -0.2) is 4.39 Å². The van der Waals surface area contributed by atoms with Crippen molar-refractivity contribution in [3.63, 3.8) is 0 Å². The highest BCUT2D eigenvalue weighted by Crippen LogP contribution is 2.22. The SMILES string of the molecule is COc1ccc(F)c(NS(=O)(=O)N(C)CCC(=O)O)c1. The van der Waals surface area contributed by atoms with Crippen LogP contribution >= 0.6 is 0 Å². The molecule has 0 fully saturated rings. The number of benzene rings is 1. The van der Waals surface area contributed by atoms with Gasteiger partial charge in [0.15, 0.2) is 0 Å². The van der Waals surface area contributed by atoms with Crippen molar-refractivity contribution in [1.82, 2.24) is 4.31 Å². The van der Waals surface area contributed by atoms with Crippen molar-refractivity contribution in [1.29, 1.82) is 0 Å². The maximum absolute atomic E-state index is 13.5. The third-order valence-corrected chi connectivity index (χ3v) is 3.94. The number of nitrogens with one attached hydrogen (secondary N) is 1. The number of ether oxygens (including phenoxy) is 1. The van der Waals surface area contributed by atoms with E-state index < -0.39 is 22.0 Å². The number of carbonyl (C=O) groups is 1. The summed E-state index contributed by atoms with van der Waals surface area (Å²) in [5.41, 5.74) is -0.272. The lowest BCUT2D eigenvalue weighted by molar-refractivity contribution is -0.137. The average molecular weight is 306 g/mol. The van der Waals surface area contributed by atoms with E-state index in [1.165, 1.54) is 26.3 Å². The molecular weight excluding hydrogens is 291 g/mol. The van der Waals surface area contributed by atoms with E-state index in [1.807, 2.05) is 4.72 Å². The van der Waals surface area contributed by atoms with Gasteiger partial charge in [0.1, 0.15) is 11.6 Å². The molecule has 0 unspecified atom stereocenters. The summed E-state index contributed by atoms with van der Waals surface area (Å²) in [6.07, 6.45) is -0.349. The number of hydrogen-bond acceptors (Lipinski definition) is 4. The minimum Gasteiger partial charge on any atom is -0.497 e. The fraction of sp³-hybridized carbons (Fsp3) is 0.364. The Kier molecular flexibility index (Phi) is 5.28. The molecule has 0 aliphatic rings. The Morgan fingerprint density at radius 3 is 2.70 bits per heavy atom. The average Bonchev–Trinajstić information content (AvgIpc) is 2.38. The molecule has 0 heterocycles. The minimum absolute atomic E-state index is 0.226. The minimum atomic E-state index is -4.03. The quantitative estimate of drug-likeness (QED) is 0.780. The van der Waals surface area contributed by atoms with Crippen LogP contribution in [0.2, 0.25) is 0 Å². The van der Waals surface area contributed by atoms with Gasteiger partial charge in [0.25, 0.3) is 0 Å². The normalized spacial score (nSPS) is 11.4. The number of hydrogen-bond donors (Lipinski definition) is 2. The summed E-state index contributed by atoms with van der Waals surface area (Å²) in [6.45, 7) is -0.226. The third kappa shape index (κ3) is 4.35. The van der Waals surface area contributed by atoms with Gasteiger partial charge in [0, 0.05) is 19.7 Å². The largest absolute Gasteiger partial charge is 0.497 e. The Morgan fingerprint density at radius 1 is 1.50 bits per heavy atom. The van der Waals surface area contributed by atoms with Crippen molar-refractivity contribution in [3.05, 3.63) is 24.0 Å². The summed E-state index contributed by atoms with van der Waals surface area (Å²) in [5.74, 6) is -1.60. The highest BCUT2D eigenvalue weighted by atomic mass is 32.2. The molecule has 0 amide bonds. The zero-order valence-electron chi connectivity index (χ0n) is 11.0. The van der Waals surface area contributed by atoms with Crippen LogP contribution in [0.25, 0.3) is 0 Å². The molecule has 0 aliphatic heterocycles. The van der Waals surface area contributed by atoms with Gasteiger partial charge in [-0.2, -0.15) is 12.7 Å². The van der Waals surface area contributed by atoms with Crippen molar-refractivity contribution in [3.8, 4) is 5.75 Å². The lowest BCUT2D eigenvalue weighted by Crippen LogP contribution is -2.34. The van der Waals surface area contributed by atoms with E-state index in [0.717, 1.165) is 10.4 Å². The van der Waals surface area contributed by atoms with Crippen LogP contribution in [-0.4, -0.2) is 44.5 Å². The molecule has 7 nitrogen and oxygen atoms in total. The van der Waals surface area contributed by atoms with E-state index >= 15 is 0 Å². The molecule has 112 valence electrons. The molecule has 0 bridgehead atoms. The summed E-state index contributed by atoms with van der Waals surface area (Å²) in [6, 6.07) is 3.60. The molecule has 0 radical (unpaired) electrons. The Morgan fingerprint density at radius 2 is 2.15 bits per heavy atom. The number of rotatable bonds is 7. The second kappa shape index (κ2) is 6.53. The van der Waals surface area contributed by atoms with Gasteiger partial charge in [0.05, 0.1) is 19.2 Å². The Balaban J connectivity index is 2.87. The van der Waals surface area contributed by atoms with Crippen molar-refractivity contribution in [2.24, 2.45) is 0 Å². The number of anilines is 1. The van der Waals surface area contributed by atoms with Gasteiger partial charge >= 0.3 is 16.2 Å². The molecule has 0 aromatic heterocycles. The van der Waals surface area contributed by atoms with E-state index in [-0.39, 0.29) is 24.4 Å². The summed E-state index contributed by atoms with van der Waals surface area (Å²) in [5, 5.41) is 8.51. The molecule has 0 aliphatic carbocycles. The molecule has 0 atom stereocenters. The van der Waals surface area contributed by atoms with Gasteiger partial charge in [-0.15, -0.1) is 0 Å². The van der Waals surface area contributed by atoms with Gasteiger partial charge in [-0.1, -0.05) is 0 Å². The Bertz CT molecular complexity index is 590. The number of nitrogens with zero attached hydrogens (tertiary/aromatic N) is 1. The summed E-state index contributed by atoms with van der Waals surface area (Å²) in [7, 11) is -1.47. The topological polar surface area (TPSA) is 95.9 Å². The first kappa shape index (κ1) is 16.2. The first-order valence-corrected chi connectivity index (χ1v) is 6.99. The number of carboxylic acid groups (broad SMARTS) is 1. The van der Waals surface area contributed by atoms with Gasteiger partial charge in [-0.05, 0) is 12.1 Å². The van der Waals surface area contributed by atoms with Crippen LogP contribution in [0.4, 0.5) is 10.1 Å². The van der Waals surface area contributed by atoms with E-state index in [9.17, 15) is 17.6 Å². The van der Waals surface area contributed by atoms with Crippen molar-refractivity contribution < 1.29 is 27.4 Å². The molecule has 2 N–H and O–H groups in total. The van der Waals surface area contributed by atoms with Gasteiger partial charge in [0.2, 0.25) is 0 Å². The first-order valence-electron chi connectivity index (χ1n) is 5.55. The fourth-order valence-corrected chi connectivity index (χ4v) is 2.22. The predicted octanol–water partition coefficient (Wildman–Crippen LogP) is 0.897. The standard InChI is InChI=1S/C11H15FN2O5S/c1-14(6-5-11(15)16)20(17,18)13-10-7-8(19-2)3-4-9(10)12/h3-4,7,13H,5-6H2,1-2H3,(H,15,16). The van der Waals surface area contributed by atoms with Gasteiger partial charge < -0.3 is 9.84 Å². The third-order valence-electron chi connectivity index (χ3n) is 2.46. The molecule has 0 saturated carbocycles. The molecule has 20 heavy (non-hydrogen) atoms. The van der Waals surface area contributed by atoms with Crippen LogP contribution < -0.4 is 9.46 Å². The summed E-state index contributed by atoms with van der Waals surface area (Å²) < 4.78 is 45.0. The Hall–Kier alpha value is -1.87. The van der Waals surface area contributed by atoms with Crippen LogP contribution in [0.5, 0.6) is 5.75 Å². The lowest BCUT2D eigenvalue weighted by atomic mass is 10.3. The molecular formula is C11H15FN2O5S. The zero-order valence-corrected chi connectivity index (χ0v) is 11.8. The zero-order chi connectivity index (χ0) is 15.3. The molecule has 1 aromatic carbocycles. The Labute approximate surface area is 116 Å². The number of carboxylic acids is 1. The molecule has 0 saturated heterocycles. The number of methoxy groups -OCH3 is 1. The molecule has 0 spiro atoms. The summed E-state index contributed by atoms with van der Waals surface area (Å²) in [4.78, 5) is 10.4. The highest BCUT2D eigenvalue weighted by Gasteiger charge is 2.20. The van der Waals surface area contributed by atoms with Crippen LogP contribution in [0, 0.1) is 5.82 Å². The lowest BCUT2D eigenvalue weighted by Gasteiger charge is -2.18. The summed E-state index contributed by atoms with van der Waals surface area (Å²) >= 11 is 0. The van der Waals surface area contributed by atoms with E-state index in [4.69, 9.17) is 9.84 Å². The van der Waals surface area contributed by atoms with Gasteiger partial charge in [-0.3, -0.25) is 9.52 Å². The predicted molar refractivity (Wildman–Crippen MR) is 70.4 cm³/mol. The second-order valence-corrected chi connectivity index (χ2v) is 5.70. The monoisotopic (exact) mass is 306 g/mol. The molecule has 1 rings (SSSR count). The smallest absolute Gasteiger partial charge is 0.304 e. The highest BCUT2D eigenvalue weighted by molar-refractivity contribution is 7.90. The van der Waals surface area contributed by atoms with E-state index in [2.05, 4.69) is 0 Å². The maximum Gasteiger partial charge on any atom is 0.304 e. The molecule has 9 heteroatoms. The fourth-order valence-electron chi connectivity index (χ4n) is 1.30. The van der Waals surface area contributed by atoms with Crippen LogP contribution in [0.3, 0.4) is 0 Å². The van der Waals surface area contributed by atoms with Crippen LogP contribution in [-0.2, 0) is 15.0 Å². The first-order chi connectivity index (χ1) is 9.26. The van der Waals surface area contributed by atoms with E-state index in [0.29, 0.717) is 0 Å². The van der Waals surface area contributed by atoms with Crippen molar-refractivity contribution in [2.75, 3.05) is 25.4 Å². The molecule has 1 aromatic rings. The van der Waals surface area contributed by atoms with Crippen molar-refractivity contribution >= 4 is 21.9 Å². The number of halogens is 1. The van der Waals surface area contributed by atoms with E-state index in [1.54, 1.807) is 0 Å². The van der Waals surface area contributed by atoms with Crippen LogP contribution in [0.15, 0.2) is 18.2 Å². The second-order valence-electron chi connectivity index (χ2n) is 3.92. The van der Waals surface area contributed by atoms with Crippen LogP contribution in [0.1, 0.15) is 6.42 Å². The number of aliphatic carboxylic acids is 1. The maximum atomic E-state index is 13.5. The van der Waals surface area contributed by atoms with Crippen molar-refractivity contribution in [2.45, 2.75) is 6.42 Å².